The number of benzene rings is 1. The van der Waals surface area contributed by atoms with Gasteiger partial charge in [-0.2, -0.15) is 0 Å². The van der Waals surface area contributed by atoms with Crippen molar-refractivity contribution in [2.75, 3.05) is 13.1 Å². The number of aryl methyl sites for hydroxylation is 1. The van der Waals surface area contributed by atoms with Gasteiger partial charge in [-0.3, -0.25) is 4.79 Å². The largest absolute Gasteiger partial charge is 0.335 e. The third-order valence-electron chi connectivity index (χ3n) is 2.80. The number of hydrogen-bond acceptors (Lipinski definition) is 3. The molecule has 0 spiro atoms. The van der Waals surface area contributed by atoms with Gasteiger partial charge < -0.3 is 4.90 Å². The molecule has 20 heavy (non-hydrogen) atoms. The van der Waals surface area contributed by atoms with Gasteiger partial charge in [0.25, 0.3) is 5.91 Å². The highest BCUT2D eigenvalue weighted by molar-refractivity contribution is 7.89. The topological polar surface area (TPSA) is 80.5 Å². The fourth-order valence-corrected chi connectivity index (χ4v) is 2.59. The number of nitrogens with two attached hydrogens (primary N) is 1. The Hall–Kier alpha value is -1.66. The molecule has 0 atom stereocenters. The smallest absolute Gasteiger partial charge is 0.255 e. The molecule has 0 saturated carbocycles. The standard InChI is InChI=1S/C14H20N2O3S/c1-5-16(9-10(2)3)14(17)12-8-11(4)6-7-13(12)20(15,18)19/h6-8H,2,5,9H2,1,3-4H3,(H2,15,18,19). The third-order valence-corrected chi connectivity index (χ3v) is 3.77. The van der Waals surface area contributed by atoms with Crippen LogP contribution in [0.2, 0.25) is 0 Å². The molecule has 1 aromatic carbocycles. The fourth-order valence-electron chi connectivity index (χ4n) is 1.88. The predicted molar refractivity (Wildman–Crippen MR) is 78.9 cm³/mol. The zero-order chi connectivity index (χ0) is 15.5. The van der Waals surface area contributed by atoms with E-state index >= 15 is 0 Å². The number of sulfonamides is 1. The molecule has 110 valence electrons. The van der Waals surface area contributed by atoms with E-state index in [2.05, 4.69) is 6.58 Å². The maximum Gasteiger partial charge on any atom is 0.255 e. The molecule has 1 amide bonds. The zero-order valence-corrected chi connectivity index (χ0v) is 12.8. The van der Waals surface area contributed by atoms with Crippen LogP contribution in [0.5, 0.6) is 0 Å². The summed E-state index contributed by atoms with van der Waals surface area (Å²) in [5, 5.41) is 5.17. The van der Waals surface area contributed by atoms with Crippen molar-refractivity contribution in [3.8, 4) is 0 Å². The van der Waals surface area contributed by atoms with Crippen LogP contribution in [0.1, 0.15) is 29.8 Å². The molecular weight excluding hydrogens is 276 g/mol. The SMILES string of the molecule is C=C(C)CN(CC)C(=O)c1cc(C)ccc1S(N)(=O)=O. The van der Waals surface area contributed by atoms with Gasteiger partial charge in [0, 0.05) is 13.1 Å². The van der Waals surface area contributed by atoms with Crippen molar-refractivity contribution < 1.29 is 13.2 Å². The normalized spacial score (nSPS) is 11.2. The van der Waals surface area contributed by atoms with Crippen LogP contribution < -0.4 is 5.14 Å². The van der Waals surface area contributed by atoms with E-state index < -0.39 is 10.0 Å². The molecule has 1 rings (SSSR count). The summed E-state index contributed by atoms with van der Waals surface area (Å²) < 4.78 is 23.2. The minimum Gasteiger partial charge on any atom is -0.335 e. The number of nitrogens with zero attached hydrogens (tertiary/aromatic N) is 1. The van der Waals surface area contributed by atoms with E-state index in [1.807, 2.05) is 13.8 Å². The molecule has 0 unspecified atom stereocenters. The summed E-state index contributed by atoms with van der Waals surface area (Å²) in [5.74, 6) is -0.358. The van der Waals surface area contributed by atoms with Crippen molar-refractivity contribution in [3.63, 3.8) is 0 Å². The van der Waals surface area contributed by atoms with Gasteiger partial charge in [0.05, 0.1) is 10.5 Å². The van der Waals surface area contributed by atoms with Gasteiger partial charge in [-0.15, -0.1) is 0 Å². The summed E-state index contributed by atoms with van der Waals surface area (Å²) >= 11 is 0. The lowest BCUT2D eigenvalue weighted by Gasteiger charge is -2.22. The molecule has 2 N–H and O–H groups in total. The van der Waals surface area contributed by atoms with Gasteiger partial charge in [0.2, 0.25) is 10.0 Å². The number of primary sulfonamides is 1. The summed E-state index contributed by atoms with van der Waals surface area (Å²) in [4.78, 5) is 13.9. The number of rotatable bonds is 5. The van der Waals surface area contributed by atoms with Gasteiger partial charge in [0.15, 0.2) is 0 Å². The molecule has 5 nitrogen and oxygen atoms in total. The van der Waals surface area contributed by atoms with Crippen LogP contribution in [0.15, 0.2) is 35.2 Å². The second-order valence-corrected chi connectivity index (χ2v) is 6.35. The Morgan fingerprint density at radius 3 is 2.45 bits per heavy atom. The second kappa shape index (κ2) is 6.19. The van der Waals surface area contributed by atoms with E-state index in [1.54, 1.807) is 19.1 Å². The Bertz CT molecular complexity index is 636. The fraction of sp³-hybridized carbons (Fsp3) is 0.357. The molecule has 0 heterocycles. The van der Waals surface area contributed by atoms with Crippen molar-refractivity contribution in [2.45, 2.75) is 25.7 Å². The van der Waals surface area contributed by atoms with Crippen LogP contribution in [0.25, 0.3) is 0 Å². The monoisotopic (exact) mass is 296 g/mol. The van der Waals surface area contributed by atoms with E-state index in [0.717, 1.165) is 11.1 Å². The average Bonchev–Trinajstić information content (AvgIpc) is 2.33. The van der Waals surface area contributed by atoms with Gasteiger partial charge in [-0.05, 0) is 32.9 Å². The number of hydrogen-bond donors (Lipinski definition) is 1. The maximum atomic E-state index is 12.5. The molecule has 1 aromatic rings. The molecule has 0 saturated heterocycles. The Morgan fingerprint density at radius 2 is 2.00 bits per heavy atom. The maximum absolute atomic E-state index is 12.5. The molecule has 0 fully saturated rings. The van der Waals surface area contributed by atoms with Crippen LogP contribution in [0.3, 0.4) is 0 Å². The van der Waals surface area contributed by atoms with E-state index in [4.69, 9.17) is 5.14 Å². The molecule has 0 aliphatic rings. The van der Waals surface area contributed by atoms with Crippen molar-refractivity contribution in [3.05, 3.63) is 41.5 Å². The summed E-state index contributed by atoms with van der Waals surface area (Å²) in [6, 6.07) is 4.53. The van der Waals surface area contributed by atoms with E-state index in [0.29, 0.717) is 13.1 Å². The first kappa shape index (κ1) is 16.4. The highest BCUT2D eigenvalue weighted by atomic mass is 32.2. The minimum atomic E-state index is -3.94. The van der Waals surface area contributed by atoms with Crippen molar-refractivity contribution >= 4 is 15.9 Å². The first-order valence-electron chi connectivity index (χ1n) is 6.24. The Morgan fingerprint density at radius 1 is 1.40 bits per heavy atom. The number of amides is 1. The number of likely N-dealkylation sites (N-methyl/N-ethyl adjacent to an activating group) is 1. The summed E-state index contributed by atoms with van der Waals surface area (Å²) in [6.07, 6.45) is 0. The van der Waals surface area contributed by atoms with Gasteiger partial charge in [0.1, 0.15) is 0 Å². The Balaban J connectivity index is 3.33. The molecule has 0 bridgehead atoms. The van der Waals surface area contributed by atoms with Gasteiger partial charge in [-0.25, -0.2) is 13.6 Å². The molecular formula is C14H20N2O3S. The number of carbonyl (C=O) groups is 1. The van der Waals surface area contributed by atoms with Gasteiger partial charge in [-0.1, -0.05) is 23.8 Å². The van der Waals surface area contributed by atoms with E-state index in [-0.39, 0.29) is 16.4 Å². The lowest BCUT2D eigenvalue weighted by molar-refractivity contribution is 0.0774. The van der Waals surface area contributed by atoms with Gasteiger partial charge >= 0.3 is 0 Å². The third kappa shape index (κ3) is 3.91. The highest BCUT2D eigenvalue weighted by Crippen LogP contribution is 2.18. The Kier molecular flexibility index (Phi) is 5.08. The van der Waals surface area contributed by atoms with Crippen LogP contribution in [0, 0.1) is 6.92 Å². The molecule has 0 aliphatic carbocycles. The lowest BCUT2D eigenvalue weighted by atomic mass is 10.1. The number of carbonyl (C=O) groups excluding carboxylic acids is 1. The molecule has 0 radical (unpaired) electrons. The summed E-state index contributed by atoms with van der Waals surface area (Å²) in [7, 11) is -3.94. The predicted octanol–water partition coefficient (Wildman–Crippen LogP) is 1.68. The van der Waals surface area contributed by atoms with Crippen molar-refractivity contribution in [2.24, 2.45) is 5.14 Å². The second-order valence-electron chi connectivity index (χ2n) is 4.82. The minimum absolute atomic E-state index is 0.107. The zero-order valence-electron chi connectivity index (χ0n) is 12.0. The molecule has 0 aliphatic heterocycles. The summed E-state index contributed by atoms with van der Waals surface area (Å²) in [6.45, 7) is 10.0. The molecule has 6 heteroatoms. The van der Waals surface area contributed by atoms with E-state index in [1.165, 1.54) is 11.0 Å². The average molecular weight is 296 g/mol. The Labute approximate surface area is 120 Å². The van der Waals surface area contributed by atoms with Crippen molar-refractivity contribution in [1.82, 2.24) is 4.90 Å². The molecule has 0 aromatic heterocycles. The lowest BCUT2D eigenvalue weighted by Crippen LogP contribution is -2.33. The van der Waals surface area contributed by atoms with Crippen molar-refractivity contribution in [1.29, 1.82) is 0 Å². The van der Waals surface area contributed by atoms with Crippen LogP contribution in [-0.2, 0) is 10.0 Å². The first-order chi connectivity index (χ1) is 9.16. The van der Waals surface area contributed by atoms with Crippen LogP contribution >= 0.6 is 0 Å². The van der Waals surface area contributed by atoms with E-state index in [9.17, 15) is 13.2 Å². The van der Waals surface area contributed by atoms with Crippen LogP contribution in [0.4, 0.5) is 0 Å². The summed E-state index contributed by atoms with van der Waals surface area (Å²) in [5.41, 5.74) is 1.73. The quantitative estimate of drug-likeness (QED) is 0.839. The first-order valence-corrected chi connectivity index (χ1v) is 7.78. The highest BCUT2D eigenvalue weighted by Gasteiger charge is 2.23. The van der Waals surface area contributed by atoms with Crippen LogP contribution in [-0.4, -0.2) is 32.3 Å².